The molecule has 0 saturated heterocycles. The second kappa shape index (κ2) is 7.32. The molecular weight excluding hydrogens is 364 g/mol. The van der Waals surface area contributed by atoms with Gasteiger partial charge in [0.25, 0.3) is 5.91 Å². The summed E-state index contributed by atoms with van der Waals surface area (Å²) in [6, 6.07) is 12.3. The van der Waals surface area contributed by atoms with Gasteiger partial charge in [-0.1, -0.05) is 29.8 Å². The van der Waals surface area contributed by atoms with E-state index in [-0.39, 0.29) is 18.5 Å². The summed E-state index contributed by atoms with van der Waals surface area (Å²) in [6.45, 7) is 3.92. The number of rotatable bonds is 5. The van der Waals surface area contributed by atoms with Gasteiger partial charge < -0.3 is 10.4 Å². The van der Waals surface area contributed by atoms with Crippen molar-refractivity contribution in [2.45, 2.75) is 32.4 Å². The van der Waals surface area contributed by atoms with Crippen LogP contribution in [0.15, 0.2) is 42.5 Å². The molecule has 0 radical (unpaired) electrons. The molecule has 0 spiro atoms. The number of hydrogen-bond donors (Lipinski definition) is 2. The van der Waals surface area contributed by atoms with E-state index in [1.807, 2.05) is 38.1 Å². The zero-order valence-electron chi connectivity index (χ0n) is 15.6. The van der Waals surface area contributed by atoms with Gasteiger partial charge >= 0.3 is 0 Å². The number of amides is 1. The summed E-state index contributed by atoms with van der Waals surface area (Å²) in [4.78, 5) is 12.4. The molecule has 1 amide bonds. The van der Waals surface area contributed by atoms with E-state index in [0.717, 1.165) is 16.7 Å². The Hall–Kier alpha value is -2.38. The number of nitrogens with zero attached hydrogens (tertiary/aromatic N) is 1. The van der Waals surface area contributed by atoms with Crippen LogP contribution in [0, 0.1) is 6.92 Å². The van der Waals surface area contributed by atoms with Crippen molar-refractivity contribution in [3.63, 3.8) is 0 Å². The van der Waals surface area contributed by atoms with Crippen molar-refractivity contribution in [1.29, 1.82) is 0 Å². The summed E-state index contributed by atoms with van der Waals surface area (Å²) in [7, 11) is -3.35. The maximum absolute atomic E-state index is 12.4. The molecule has 144 valence electrons. The molecule has 1 aliphatic rings. The van der Waals surface area contributed by atoms with Gasteiger partial charge in [0.1, 0.15) is 0 Å². The molecule has 0 aromatic heterocycles. The van der Waals surface area contributed by atoms with E-state index in [2.05, 4.69) is 5.32 Å². The van der Waals surface area contributed by atoms with Gasteiger partial charge in [0.2, 0.25) is 10.0 Å². The highest BCUT2D eigenvalue weighted by Crippen LogP contribution is 2.34. The van der Waals surface area contributed by atoms with Crippen molar-refractivity contribution in [2.75, 3.05) is 17.1 Å². The van der Waals surface area contributed by atoms with Crippen LogP contribution in [0.5, 0.6) is 0 Å². The first kappa shape index (κ1) is 19.4. The Labute approximate surface area is 159 Å². The number of aryl methyl sites for hydroxylation is 1. The number of anilines is 1. The number of sulfonamides is 1. The molecule has 3 rings (SSSR count). The minimum absolute atomic E-state index is 0.102. The minimum Gasteiger partial charge on any atom is -0.387 e. The monoisotopic (exact) mass is 388 g/mol. The van der Waals surface area contributed by atoms with Crippen LogP contribution in [0.2, 0.25) is 0 Å². The van der Waals surface area contributed by atoms with Crippen LogP contribution in [0.3, 0.4) is 0 Å². The van der Waals surface area contributed by atoms with E-state index >= 15 is 0 Å². The average molecular weight is 388 g/mol. The van der Waals surface area contributed by atoms with Crippen LogP contribution in [0.1, 0.15) is 40.1 Å². The van der Waals surface area contributed by atoms with Gasteiger partial charge in [0, 0.05) is 18.2 Å². The summed E-state index contributed by atoms with van der Waals surface area (Å²) in [6.07, 6.45) is 0.964. The number of carbonyl (C=O) groups is 1. The number of benzene rings is 2. The van der Waals surface area contributed by atoms with Crippen molar-refractivity contribution in [1.82, 2.24) is 5.32 Å². The van der Waals surface area contributed by atoms with Gasteiger partial charge in [-0.15, -0.1) is 0 Å². The maximum atomic E-state index is 12.4. The van der Waals surface area contributed by atoms with Crippen LogP contribution in [-0.2, 0) is 16.4 Å². The van der Waals surface area contributed by atoms with E-state index < -0.39 is 16.1 Å². The lowest BCUT2D eigenvalue weighted by Gasteiger charge is -2.22. The second-order valence-electron chi connectivity index (χ2n) is 7.09. The Balaban J connectivity index is 1.70. The predicted octanol–water partition coefficient (Wildman–Crippen LogP) is 2.17. The van der Waals surface area contributed by atoms with Gasteiger partial charge in [-0.3, -0.25) is 9.10 Å². The second-order valence-corrected chi connectivity index (χ2v) is 8.95. The molecule has 2 aromatic rings. The molecule has 0 fully saturated rings. The lowest BCUT2D eigenvalue weighted by molar-refractivity contribution is 0.0916. The molecule has 2 aromatic carbocycles. The molecular formula is C20H24N2O4S. The van der Waals surface area contributed by atoms with Crippen LogP contribution in [0.4, 0.5) is 5.69 Å². The van der Waals surface area contributed by atoms with Gasteiger partial charge in [-0.25, -0.2) is 8.42 Å². The average Bonchev–Trinajstić information content (AvgIpc) is 2.94. The zero-order chi connectivity index (χ0) is 19.8. The number of hydrogen-bond acceptors (Lipinski definition) is 4. The number of fused-ring (bicyclic) bond motifs is 1. The fraction of sp³-hybridized carbons (Fsp3) is 0.350. The summed E-state index contributed by atoms with van der Waals surface area (Å²) in [5.74, 6) is -0.297. The standard InChI is InChI=1S/C20H24N2O4S/c1-13-4-6-15(7-5-13)19(23)12-21-20(24)16-8-9-18-17(11-16)10-14(2)22(18)27(3,25)26/h4-9,11,14,19,23H,10,12H2,1-3H3,(H,21,24)/t14-,19+/m1/s1. The molecule has 0 aliphatic carbocycles. The van der Waals surface area contributed by atoms with Crippen LogP contribution in [-0.4, -0.2) is 38.3 Å². The molecule has 2 atom stereocenters. The Morgan fingerprint density at radius 2 is 1.93 bits per heavy atom. The normalized spacial score (nSPS) is 17.5. The minimum atomic E-state index is -3.35. The summed E-state index contributed by atoms with van der Waals surface area (Å²) in [5.41, 5.74) is 3.76. The molecule has 6 nitrogen and oxygen atoms in total. The van der Waals surface area contributed by atoms with Crippen molar-refractivity contribution in [2.24, 2.45) is 0 Å². The number of aliphatic hydroxyl groups is 1. The SMILES string of the molecule is Cc1ccc([C@@H](O)CNC(=O)c2ccc3c(c2)C[C@@H](C)N3S(C)(=O)=O)cc1. The highest BCUT2D eigenvalue weighted by Gasteiger charge is 2.32. The van der Waals surface area contributed by atoms with E-state index in [4.69, 9.17) is 0 Å². The summed E-state index contributed by atoms with van der Waals surface area (Å²) in [5, 5.41) is 13.0. The predicted molar refractivity (Wildman–Crippen MR) is 105 cm³/mol. The van der Waals surface area contributed by atoms with E-state index in [9.17, 15) is 18.3 Å². The van der Waals surface area contributed by atoms with E-state index in [1.165, 1.54) is 10.6 Å². The largest absolute Gasteiger partial charge is 0.387 e. The molecule has 1 aliphatic heterocycles. The Kier molecular flexibility index (Phi) is 5.26. The lowest BCUT2D eigenvalue weighted by atomic mass is 10.1. The van der Waals surface area contributed by atoms with Crippen molar-refractivity contribution in [3.8, 4) is 0 Å². The van der Waals surface area contributed by atoms with Crippen LogP contribution >= 0.6 is 0 Å². The number of nitrogens with one attached hydrogen (secondary N) is 1. The fourth-order valence-corrected chi connectivity index (χ4v) is 4.71. The Morgan fingerprint density at radius 1 is 1.26 bits per heavy atom. The third kappa shape index (κ3) is 4.14. The highest BCUT2D eigenvalue weighted by molar-refractivity contribution is 7.92. The maximum Gasteiger partial charge on any atom is 0.251 e. The number of carbonyl (C=O) groups excluding carboxylic acids is 1. The van der Waals surface area contributed by atoms with Crippen molar-refractivity contribution in [3.05, 3.63) is 64.7 Å². The first-order valence-electron chi connectivity index (χ1n) is 8.82. The van der Waals surface area contributed by atoms with Gasteiger partial charge in [-0.05, 0) is 49.6 Å². The number of aliphatic hydroxyl groups excluding tert-OH is 1. The van der Waals surface area contributed by atoms with Gasteiger partial charge in [0.05, 0.1) is 18.0 Å². The Morgan fingerprint density at radius 3 is 2.56 bits per heavy atom. The van der Waals surface area contributed by atoms with E-state index in [0.29, 0.717) is 17.7 Å². The fourth-order valence-electron chi connectivity index (χ4n) is 3.45. The summed E-state index contributed by atoms with van der Waals surface area (Å²) < 4.78 is 25.3. The lowest BCUT2D eigenvalue weighted by Crippen LogP contribution is -2.34. The third-order valence-corrected chi connectivity index (χ3v) is 6.04. The molecule has 27 heavy (non-hydrogen) atoms. The smallest absolute Gasteiger partial charge is 0.251 e. The topological polar surface area (TPSA) is 86.7 Å². The summed E-state index contributed by atoms with van der Waals surface area (Å²) >= 11 is 0. The molecule has 0 saturated carbocycles. The van der Waals surface area contributed by atoms with Crippen LogP contribution in [0.25, 0.3) is 0 Å². The first-order valence-corrected chi connectivity index (χ1v) is 10.7. The molecule has 7 heteroatoms. The highest BCUT2D eigenvalue weighted by atomic mass is 32.2. The molecule has 0 bridgehead atoms. The van der Waals surface area contributed by atoms with Crippen molar-refractivity contribution >= 4 is 21.6 Å². The van der Waals surface area contributed by atoms with Crippen LogP contribution < -0.4 is 9.62 Å². The van der Waals surface area contributed by atoms with Crippen molar-refractivity contribution < 1.29 is 18.3 Å². The molecule has 1 heterocycles. The van der Waals surface area contributed by atoms with Gasteiger partial charge in [-0.2, -0.15) is 0 Å². The molecule has 0 unspecified atom stereocenters. The first-order chi connectivity index (χ1) is 12.7. The quantitative estimate of drug-likeness (QED) is 0.822. The van der Waals surface area contributed by atoms with Gasteiger partial charge in [0.15, 0.2) is 0 Å². The van der Waals surface area contributed by atoms with E-state index in [1.54, 1.807) is 18.2 Å². The molecule has 2 N–H and O–H groups in total. The zero-order valence-corrected chi connectivity index (χ0v) is 16.5. The third-order valence-electron chi connectivity index (χ3n) is 4.77. The Bertz CT molecular complexity index is 954.